The van der Waals surface area contributed by atoms with Crippen LogP contribution in [0.1, 0.15) is 10.4 Å². The van der Waals surface area contributed by atoms with Crippen molar-refractivity contribution in [1.82, 2.24) is 0 Å². The van der Waals surface area contributed by atoms with Crippen molar-refractivity contribution in [2.45, 2.75) is 0 Å². The number of esters is 1. The topological polar surface area (TPSA) is 105 Å². The zero-order valence-electron chi connectivity index (χ0n) is 9.31. The maximum Gasteiger partial charge on any atom is 0.410 e. The molecule has 0 aliphatic carbocycles. The van der Waals surface area contributed by atoms with Crippen molar-refractivity contribution in [2.24, 2.45) is 5.73 Å². The van der Waals surface area contributed by atoms with Gasteiger partial charge in [0, 0.05) is 5.69 Å². The van der Waals surface area contributed by atoms with Gasteiger partial charge in [0.15, 0.2) is 11.6 Å². The van der Waals surface area contributed by atoms with Crippen LogP contribution in [0, 0.1) is 5.82 Å². The molecule has 0 saturated heterocycles. The fraction of sp³-hybridized carbons (Fsp3) is 0.0909. The van der Waals surface area contributed by atoms with Crippen LogP contribution in [0.3, 0.4) is 0 Å². The summed E-state index contributed by atoms with van der Waals surface area (Å²) < 4.78 is 22.9. The van der Waals surface area contributed by atoms with Crippen molar-refractivity contribution < 1.29 is 23.5 Å². The summed E-state index contributed by atoms with van der Waals surface area (Å²) >= 11 is 0. The van der Waals surface area contributed by atoms with Gasteiger partial charge in [-0.15, -0.1) is 0 Å². The highest BCUT2D eigenvalue weighted by atomic mass is 19.1. The number of primary amides is 1. The maximum atomic E-state index is 13.8. The van der Waals surface area contributed by atoms with Gasteiger partial charge in [-0.2, -0.15) is 0 Å². The molecule has 0 heterocycles. The number of ether oxygens (including phenoxy) is 2. The average molecular weight is 254 g/mol. The molecule has 0 aromatic heterocycles. The second-order valence-corrected chi connectivity index (χ2v) is 3.15. The zero-order valence-corrected chi connectivity index (χ0v) is 9.31. The predicted octanol–water partition coefficient (Wildman–Crippen LogP) is 1.21. The van der Waals surface area contributed by atoms with Crippen LogP contribution in [-0.4, -0.2) is 18.7 Å². The Hall–Kier alpha value is -2.57. The molecule has 0 aliphatic heterocycles. The SMILES string of the molecule is C=CCOC(=O)c1c(N)ccc(OC(N)=O)c1F. The molecule has 1 aromatic carbocycles. The molecule has 1 rings (SSSR count). The van der Waals surface area contributed by atoms with Crippen molar-refractivity contribution in [2.75, 3.05) is 12.3 Å². The third-order valence-corrected chi connectivity index (χ3v) is 1.89. The Morgan fingerprint density at radius 3 is 2.67 bits per heavy atom. The normalized spacial score (nSPS) is 9.61. The minimum absolute atomic E-state index is 0.0986. The van der Waals surface area contributed by atoms with Crippen molar-refractivity contribution in [3.05, 3.63) is 36.2 Å². The molecular formula is C11H11FN2O4. The quantitative estimate of drug-likeness (QED) is 0.477. The van der Waals surface area contributed by atoms with Crippen molar-refractivity contribution in [3.8, 4) is 5.75 Å². The third kappa shape index (κ3) is 2.97. The Morgan fingerprint density at radius 2 is 2.11 bits per heavy atom. The number of carbonyl (C=O) groups is 2. The van der Waals surface area contributed by atoms with Crippen LogP contribution in [0.5, 0.6) is 5.75 Å². The fourth-order valence-electron chi connectivity index (χ4n) is 1.17. The summed E-state index contributed by atoms with van der Waals surface area (Å²) in [6.45, 7) is 3.24. The molecule has 4 N–H and O–H groups in total. The van der Waals surface area contributed by atoms with Gasteiger partial charge in [-0.05, 0) is 12.1 Å². The fourth-order valence-corrected chi connectivity index (χ4v) is 1.17. The van der Waals surface area contributed by atoms with Gasteiger partial charge in [0.25, 0.3) is 0 Å². The lowest BCUT2D eigenvalue weighted by molar-refractivity contribution is 0.0544. The zero-order chi connectivity index (χ0) is 13.7. The smallest absolute Gasteiger partial charge is 0.410 e. The van der Waals surface area contributed by atoms with Gasteiger partial charge in [0.1, 0.15) is 12.2 Å². The number of carbonyl (C=O) groups excluding carboxylic acids is 2. The Labute approximate surface area is 102 Å². The van der Waals surface area contributed by atoms with Gasteiger partial charge >= 0.3 is 12.1 Å². The summed E-state index contributed by atoms with van der Waals surface area (Å²) in [6, 6.07) is 2.28. The van der Waals surface area contributed by atoms with Crippen LogP contribution in [0.2, 0.25) is 0 Å². The lowest BCUT2D eigenvalue weighted by Gasteiger charge is -2.09. The number of rotatable bonds is 4. The molecule has 6 nitrogen and oxygen atoms in total. The van der Waals surface area contributed by atoms with E-state index >= 15 is 0 Å². The first-order valence-electron chi connectivity index (χ1n) is 4.80. The van der Waals surface area contributed by atoms with Gasteiger partial charge in [-0.1, -0.05) is 12.7 Å². The van der Waals surface area contributed by atoms with E-state index in [1.807, 2.05) is 0 Å². The molecule has 0 spiro atoms. The minimum Gasteiger partial charge on any atom is -0.458 e. The van der Waals surface area contributed by atoms with E-state index in [1.54, 1.807) is 0 Å². The van der Waals surface area contributed by atoms with E-state index in [0.717, 1.165) is 6.07 Å². The number of hydrogen-bond donors (Lipinski definition) is 2. The lowest BCUT2D eigenvalue weighted by atomic mass is 10.1. The molecule has 1 amide bonds. The van der Waals surface area contributed by atoms with Gasteiger partial charge in [-0.3, -0.25) is 0 Å². The van der Waals surface area contributed by atoms with Crippen molar-refractivity contribution >= 4 is 17.7 Å². The van der Waals surface area contributed by atoms with Crippen molar-refractivity contribution in [3.63, 3.8) is 0 Å². The van der Waals surface area contributed by atoms with Gasteiger partial charge in [0.05, 0.1) is 0 Å². The molecule has 96 valence electrons. The van der Waals surface area contributed by atoms with E-state index in [4.69, 9.17) is 11.5 Å². The summed E-state index contributed by atoms with van der Waals surface area (Å²) in [5, 5.41) is 0. The first-order valence-corrected chi connectivity index (χ1v) is 4.80. The molecule has 0 fully saturated rings. The summed E-state index contributed by atoms with van der Waals surface area (Å²) in [7, 11) is 0. The number of anilines is 1. The lowest BCUT2D eigenvalue weighted by Crippen LogP contribution is -2.18. The highest BCUT2D eigenvalue weighted by Crippen LogP contribution is 2.26. The number of benzene rings is 1. The van der Waals surface area contributed by atoms with Gasteiger partial charge in [0.2, 0.25) is 0 Å². The molecule has 0 saturated carbocycles. The molecule has 1 aromatic rings. The maximum absolute atomic E-state index is 13.8. The van der Waals surface area contributed by atoms with E-state index in [0.29, 0.717) is 0 Å². The highest BCUT2D eigenvalue weighted by Gasteiger charge is 2.21. The Balaban J connectivity index is 3.13. The number of nitrogen functional groups attached to an aromatic ring is 1. The summed E-state index contributed by atoms with van der Waals surface area (Å²) in [5.74, 6) is -2.59. The Morgan fingerprint density at radius 1 is 1.44 bits per heavy atom. The van der Waals surface area contributed by atoms with E-state index in [9.17, 15) is 14.0 Å². The van der Waals surface area contributed by atoms with Crippen LogP contribution in [0.4, 0.5) is 14.9 Å². The van der Waals surface area contributed by atoms with E-state index in [-0.39, 0.29) is 12.3 Å². The van der Waals surface area contributed by atoms with Crippen LogP contribution in [0.25, 0.3) is 0 Å². The number of nitrogens with two attached hydrogens (primary N) is 2. The Kier molecular flexibility index (Phi) is 4.25. The van der Waals surface area contributed by atoms with Crippen molar-refractivity contribution in [1.29, 1.82) is 0 Å². The third-order valence-electron chi connectivity index (χ3n) is 1.89. The highest BCUT2D eigenvalue weighted by molar-refractivity contribution is 5.96. The summed E-state index contributed by atoms with van der Waals surface area (Å²) in [5.41, 5.74) is 9.55. The number of halogens is 1. The molecule has 0 aliphatic rings. The largest absolute Gasteiger partial charge is 0.458 e. The van der Waals surface area contributed by atoms with Crippen LogP contribution >= 0.6 is 0 Å². The summed E-state index contributed by atoms with van der Waals surface area (Å²) in [4.78, 5) is 22.1. The molecule has 0 atom stereocenters. The van der Waals surface area contributed by atoms with E-state index in [2.05, 4.69) is 16.1 Å². The first kappa shape index (κ1) is 13.5. The van der Waals surface area contributed by atoms with E-state index in [1.165, 1.54) is 12.1 Å². The second kappa shape index (κ2) is 5.67. The molecule has 18 heavy (non-hydrogen) atoms. The van der Waals surface area contributed by atoms with Crippen LogP contribution in [0.15, 0.2) is 24.8 Å². The standard InChI is InChI=1S/C11H11FN2O4/c1-2-5-17-10(15)8-6(13)3-4-7(9(8)12)18-11(14)16/h2-4H,1,5,13H2,(H2,14,16). The average Bonchev–Trinajstić information content (AvgIpc) is 2.30. The van der Waals surface area contributed by atoms with Gasteiger partial charge < -0.3 is 20.9 Å². The molecular weight excluding hydrogens is 243 g/mol. The second-order valence-electron chi connectivity index (χ2n) is 3.15. The van der Waals surface area contributed by atoms with Crippen LogP contribution < -0.4 is 16.2 Å². The molecule has 0 unspecified atom stereocenters. The molecule has 0 radical (unpaired) electrons. The van der Waals surface area contributed by atoms with E-state index < -0.39 is 29.2 Å². The summed E-state index contributed by atoms with van der Waals surface area (Å²) in [6.07, 6.45) is 0.111. The molecule has 0 bridgehead atoms. The first-order chi connectivity index (χ1) is 8.47. The monoisotopic (exact) mass is 254 g/mol. The van der Waals surface area contributed by atoms with Crippen LogP contribution in [-0.2, 0) is 4.74 Å². The minimum atomic E-state index is -1.20. The van der Waals surface area contributed by atoms with Gasteiger partial charge in [-0.25, -0.2) is 14.0 Å². The molecule has 7 heteroatoms. The Bertz CT molecular complexity index is 502. The number of amides is 1. The predicted molar refractivity (Wildman–Crippen MR) is 61.5 cm³/mol. The number of hydrogen-bond acceptors (Lipinski definition) is 5.